The first-order valence-corrected chi connectivity index (χ1v) is 9.16. The molecular formula is C22H18N6O. The van der Waals surface area contributed by atoms with E-state index in [1.807, 2.05) is 30.5 Å². The number of carbonyl (C=O) groups excluding carboxylic acids is 1. The summed E-state index contributed by atoms with van der Waals surface area (Å²) in [5.41, 5.74) is 3.52. The second-order valence-corrected chi connectivity index (χ2v) is 6.44. The van der Waals surface area contributed by atoms with E-state index >= 15 is 0 Å². The van der Waals surface area contributed by atoms with Crippen LogP contribution in [-0.2, 0) is 6.42 Å². The summed E-state index contributed by atoms with van der Waals surface area (Å²) < 4.78 is 0. The number of benzene rings is 2. The number of H-pyrrole nitrogens is 1. The molecule has 3 N–H and O–H groups in total. The third-order valence-electron chi connectivity index (χ3n) is 4.56. The van der Waals surface area contributed by atoms with E-state index in [4.69, 9.17) is 5.26 Å². The van der Waals surface area contributed by atoms with Crippen LogP contribution in [0, 0.1) is 11.3 Å². The molecule has 0 unspecified atom stereocenters. The average molecular weight is 382 g/mol. The van der Waals surface area contributed by atoms with E-state index in [2.05, 4.69) is 31.7 Å². The Morgan fingerprint density at radius 2 is 1.83 bits per heavy atom. The van der Waals surface area contributed by atoms with Crippen molar-refractivity contribution in [2.45, 2.75) is 6.42 Å². The highest BCUT2D eigenvalue weighted by Crippen LogP contribution is 2.18. The molecule has 2 heterocycles. The minimum absolute atomic E-state index is 0.319. The Morgan fingerprint density at radius 1 is 1.07 bits per heavy atom. The van der Waals surface area contributed by atoms with Gasteiger partial charge in [0.1, 0.15) is 6.07 Å². The number of nitrogens with one attached hydrogen (secondary N) is 3. The summed E-state index contributed by atoms with van der Waals surface area (Å²) in [7, 11) is 0. The van der Waals surface area contributed by atoms with E-state index < -0.39 is 0 Å². The number of para-hydroxylation sites is 2. The van der Waals surface area contributed by atoms with Crippen LogP contribution in [0.3, 0.4) is 0 Å². The van der Waals surface area contributed by atoms with Crippen LogP contribution in [0.25, 0.3) is 10.9 Å². The second-order valence-electron chi connectivity index (χ2n) is 6.44. The van der Waals surface area contributed by atoms with E-state index in [0.29, 0.717) is 29.3 Å². The Kier molecular flexibility index (Phi) is 5.16. The van der Waals surface area contributed by atoms with Crippen LogP contribution in [0.5, 0.6) is 0 Å². The number of aromatic amines is 1. The van der Waals surface area contributed by atoms with E-state index in [9.17, 15) is 4.79 Å². The zero-order valence-electron chi connectivity index (χ0n) is 15.5. The molecule has 4 aromatic rings. The maximum atomic E-state index is 12.4. The van der Waals surface area contributed by atoms with Crippen LogP contribution < -0.4 is 10.6 Å². The Hall–Kier alpha value is -4.18. The molecule has 0 aliphatic carbocycles. The first-order chi connectivity index (χ1) is 14.2. The van der Waals surface area contributed by atoms with Crippen LogP contribution >= 0.6 is 0 Å². The summed E-state index contributed by atoms with van der Waals surface area (Å²) in [5, 5.41) is 16.2. The van der Waals surface area contributed by atoms with Gasteiger partial charge in [0.05, 0.1) is 16.8 Å². The fraction of sp³-hybridized carbons (Fsp3) is 0.0909. The van der Waals surface area contributed by atoms with Crippen LogP contribution in [0.15, 0.2) is 67.1 Å². The summed E-state index contributed by atoms with van der Waals surface area (Å²) in [4.78, 5) is 24.0. The van der Waals surface area contributed by atoms with Crippen LogP contribution in [0.4, 0.5) is 11.6 Å². The molecule has 29 heavy (non-hydrogen) atoms. The molecule has 0 atom stereocenters. The fourth-order valence-corrected chi connectivity index (χ4v) is 3.07. The summed E-state index contributed by atoms with van der Waals surface area (Å²) >= 11 is 0. The van der Waals surface area contributed by atoms with Gasteiger partial charge in [0.2, 0.25) is 5.95 Å². The zero-order chi connectivity index (χ0) is 20.1. The van der Waals surface area contributed by atoms with Crippen LogP contribution in [0.2, 0.25) is 0 Å². The maximum Gasteiger partial charge on any atom is 0.258 e. The molecule has 4 rings (SSSR count). The lowest BCUT2D eigenvalue weighted by molar-refractivity contribution is 0.102. The minimum atomic E-state index is -0.363. The molecule has 7 heteroatoms. The van der Waals surface area contributed by atoms with E-state index in [-0.39, 0.29) is 5.91 Å². The summed E-state index contributed by atoms with van der Waals surface area (Å²) in [6.07, 6.45) is 5.76. The predicted molar refractivity (Wildman–Crippen MR) is 112 cm³/mol. The fourth-order valence-electron chi connectivity index (χ4n) is 3.07. The Morgan fingerprint density at radius 3 is 2.66 bits per heavy atom. The van der Waals surface area contributed by atoms with Gasteiger partial charge < -0.3 is 15.6 Å². The molecule has 7 nitrogen and oxygen atoms in total. The number of hydrogen-bond acceptors (Lipinski definition) is 5. The first-order valence-electron chi connectivity index (χ1n) is 9.16. The Balaban J connectivity index is 1.35. The summed E-state index contributed by atoms with van der Waals surface area (Å²) in [5.74, 6) is 0.0943. The average Bonchev–Trinajstić information content (AvgIpc) is 3.18. The second kappa shape index (κ2) is 8.23. The number of aromatic nitrogens is 3. The number of carbonyl (C=O) groups is 1. The number of anilines is 2. The highest BCUT2D eigenvalue weighted by molar-refractivity contribution is 6.04. The number of fused-ring (bicyclic) bond motifs is 1. The molecule has 0 radical (unpaired) electrons. The predicted octanol–water partition coefficient (Wildman–Crippen LogP) is 3.74. The SMILES string of the molecule is N#Cc1ccccc1NC(=O)c1cnc(NCCc2c[nH]c3ccccc23)nc1. The highest BCUT2D eigenvalue weighted by Gasteiger charge is 2.10. The van der Waals surface area contributed by atoms with Crippen molar-refractivity contribution in [1.82, 2.24) is 15.0 Å². The van der Waals surface area contributed by atoms with Crippen molar-refractivity contribution in [3.8, 4) is 6.07 Å². The van der Waals surface area contributed by atoms with Crippen molar-refractivity contribution < 1.29 is 4.79 Å². The number of amides is 1. The van der Waals surface area contributed by atoms with Gasteiger partial charge >= 0.3 is 0 Å². The molecular weight excluding hydrogens is 364 g/mol. The molecule has 0 fully saturated rings. The van der Waals surface area contributed by atoms with Gasteiger partial charge in [-0.15, -0.1) is 0 Å². The van der Waals surface area contributed by atoms with Crippen LogP contribution in [-0.4, -0.2) is 27.4 Å². The zero-order valence-corrected chi connectivity index (χ0v) is 15.5. The smallest absolute Gasteiger partial charge is 0.258 e. The monoisotopic (exact) mass is 382 g/mol. The highest BCUT2D eigenvalue weighted by atomic mass is 16.1. The largest absolute Gasteiger partial charge is 0.361 e. The maximum absolute atomic E-state index is 12.4. The topological polar surface area (TPSA) is 106 Å². The third kappa shape index (κ3) is 4.06. The molecule has 0 spiro atoms. The summed E-state index contributed by atoms with van der Waals surface area (Å²) in [6, 6.07) is 17.0. The number of hydrogen-bond donors (Lipinski definition) is 3. The molecule has 0 aliphatic heterocycles. The minimum Gasteiger partial charge on any atom is -0.361 e. The van der Waals surface area contributed by atoms with Crippen molar-refractivity contribution >= 4 is 28.4 Å². The number of nitrogens with zero attached hydrogens (tertiary/aromatic N) is 3. The molecule has 1 amide bonds. The van der Waals surface area contributed by atoms with Gasteiger partial charge in [-0.05, 0) is 30.2 Å². The van der Waals surface area contributed by atoms with Crippen molar-refractivity contribution in [3.63, 3.8) is 0 Å². The van der Waals surface area contributed by atoms with Crippen molar-refractivity contribution in [2.75, 3.05) is 17.2 Å². The molecule has 0 bridgehead atoms. The van der Waals surface area contributed by atoms with Gasteiger partial charge in [0, 0.05) is 36.0 Å². The van der Waals surface area contributed by atoms with Gasteiger partial charge in [-0.2, -0.15) is 5.26 Å². The third-order valence-corrected chi connectivity index (χ3v) is 4.56. The molecule has 0 saturated heterocycles. The van der Waals surface area contributed by atoms with E-state index in [1.54, 1.807) is 24.3 Å². The van der Waals surface area contributed by atoms with E-state index in [0.717, 1.165) is 11.9 Å². The Labute approximate surface area is 167 Å². The lowest BCUT2D eigenvalue weighted by Gasteiger charge is -2.07. The van der Waals surface area contributed by atoms with Crippen LogP contribution in [0.1, 0.15) is 21.5 Å². The first kappa shape index (κ1) is 18.2. The number of nitriles is 1. The molecule has 0 aliphatic rings. The lowest BCUT2D eigenvalue weighted by atomic mass is 10.1. The standard InChI is InChI=1S/C22H18N6O/c23-11-15-5-1-3-7-19(15)28-21(29)17-13-26-22(27-14-17)24-10-9-16-12-25-20-8-4-2-6-18(16)20/h1-8,12-14,25H,9-10H2,(H,28,29)(H,24,26,27). The van der Waals surface area contributed by atoms with Gasteiger partial charge in [-0.1, -0.05) is 30.3 Å². The quantitative estimate of drug-likeness (QED) is 0.471. The normalized spacial score (nSPS) is 10.4. The summed E-state index contributed by atoms with van der Waals surface area (Å²) in [6.45, 7) is 0.670. The van der Waals surface area contributed by atoms with Gasteiger partial charge in [-0.25, -0.2) is 9.97 Å². The van der Waals surface area contributed by atoms with Gasteiger partial charge in [0.15, 0.2) is 0 Å². The molecule has 142 valence electrons. The van der Waals surface area contributed by atoms with E-state index in [1.165, 1.54) is 23.3 Å². The van der Waals surface area contributed by atoms with Crippen molar-refractivity contribution in [2.24, 2.45) is 0 Å². The lowest BCUT2D eigenvalue weighted by Crippen LogP contribution is -2.14. The number of rotatable bonds is 6. The van der Waals surface area contributed by atoms with Crippen molar-refractivity contribution in [3.05, 3.63) is 83.8 Å². The Bertz CT molecular complexity index is 1190. The van der Waals surface area contributed by atoms with Gasteiger partial charge in [-0.3, -0.25) is 4.79 Å². The molecule has 2 aromatic carbocycles. The molecule has 0 saturated carbocycles. The molecule has 2 aromatic heterocycles. The van der Waals surface area contributed by atoms with Gasteiger partial charge in [0.25, 0.3) is 5.91 Å². The van der Waals surface area contributed by atoms with Crippen molar-refractivity contribution in [1.29, 1.82) is 5.26 Å².